The lowest BCUT2D eigenvalue weighted by molar-refractivity contribution is -0.137. The minimum absolute atomic E-state index is 0.00111. The quantitative estimate of drug-likeness (QED) is 0.297. The molecule has 0 aromatic carbocycles. The number of hydrogen-bond acceptors (Lipinski definition) is 8. The van der Waals surface area contributed by atoms with Gasteiger partial charge in [0, 0.05) is 19.5 Å². The number of esters is 2. The van der Waals surface area contributed by atoms with E-state index in [1.807, 2.05) is 0 Å². The summed E-state index contributed by atoms with van der Waals surface area (Å²) in [5.74, 6) is -1.56. The number of fused-ring (bicyclic) bond motifs is 1. The Morgan fingerprint density at radius 1 is 0.971 bits per heavy atom. The molecular formula is C25H31N3O7. The van der Waals surface area contributed by atoms with Gasteiger partial charge >= 0.3 is 11.9 Å². The van der Waals surface area contributed by atoms with Gasteiger partial charge in [-0.3, -0.25) is 14.4 Å². The molecule has 0 radical (unpaired) electrons. The van der Waals surface area contributed by atoms with E-state index in [0.717, 1.165) is 12.8 Å². The van der Waals surface area contributed by atoms with Crippen molar-refractivity contribution in [2.24, 2.45) is 0 Å². The molecule has 1 heterocycles. The Hall–Kier alpha value is -3.66. The highest BCUT2D eigenvalue weighted by Gasteiger charge is 2.30. The molecule has 1 aliphatic heterocycles. The number of ether oxygens (including phenoxy) is 2. The minimum atomic E-state index is -0.642. The Kier molecular flexibility index (Phi) is 9.02. The fourth-order valence-electron chi connectivity index (χ4n) is 4.04. The number of amides is 2. The molecule has 2 amide bonds. The van der Waals surface area contributed by atoms with Crippen LogP contribution in [0.1, 0.15) is 59.4 Å². The summed E-state index contributed by atoms with van der Waals surface area (Å²) >= 11 is 0. The van der Waals surface area contributed by atoms with Crippen LogP contribution in [0.2, 0.25) is 0 Å². The van der Waals surface area contributed by atoms with Crippen LogP contribution >= 0.6 is 0 Å². The number of nitrogens with two attached hydrogens (primary N) is 1. The highest BCUT2D eigenvalue weighted by molar-refractivity contribution is 6.15. The van der Waals surface area contributed by atoms with Gasteiger partial charge in [0.2, 0.25) is 11.8 Å². The van der Waals surface area contributed by atoms with Crippen LogP contribution in [0.4, 0.5) is 5.69 Å². The van der Waals surface area contributed by atoms with Gasteiger partial charge in [-0.05, 0) is 43.4 Å². The summed E-state index contributed by atoms with van der Waals surface area (Å²) in [6.07, 6.45) is 2.43. The van der Waals surface area contributed by atoms with Gasteiger partial charge in [0.1, 0.15) is 0 Å². The fraction of sp³-hybridized carbons (Fsp3) is 0.440. The molecule has 10 heteroatoms. The van der Waals surface area contributed by atoms with E-state index < -0.39 is 11.9 Å². The first kappa shape index (κ1) is 26.0. The van der Waals surface area contributed by atoms with Gasteiger partial charge in [-0.15, -0.1) is 0 Å². The zero-order valence-electron chi connectivity index (χ0n) is 20.1. The molecule has 10 nitrogen and oxygen atoms in total. The zero-order chi connectivity index (χ0) is 25.4. The van der Waals surface area contributed by atoms with Gasteiger partial charge in [-0.1, -0.05) is 24.3 Å². The number of carbonyl (C=O) groups excluding carboxylic acids is 4. The van der Waals surface area contributed by atoms with Gasteiger partial charge < -0.3 is 20.1 Å². The number of rotatable bonds is 10. The lowest BCUT2D eigenvalue weighted by atomic mass is 10.1. The highest BCUT2D eigenvalue weighted by Crippen LogP contribution is 2.39. The van der Waals surface area contributed by atoms with Crippen molar-refractivity contribution < 1.29 is 33.5 Å². The van der Waals surface area contributed by atoms with E-state index in [-0.39, 0.29) is 54.9 Å². The summed E-state index contributed by atoms with van der Waals surface area (Å²) in [6, 6.07) is 6.61. The van der Waals surface area contributed by atoms with E-state index in [1.165, 1.54) is 0 Å². The van der Waals surface area contributed by atoms with E-state index >= 15 is 0 Å². The van der Waals surface area contributed by atoms with Crippen LogP contribution in [0, 0.1) is 0 Å². The third-order valence-corrected chi connectivity index (χ3v) is 5.69. The Balaban J connectivity index is 1.72. The molecule has 2 aliphatic carbocycles. The van der Waals surface area contributed by atoms with Crippen molar-refractivity contribution in [3.05, 3.63) is 41.0 Å². The van der Waals surface area contributed by atoms with Crippen molar-refractivity contribution in [2.75, 3.05) is 38.6 Å². The van der Waals surface area contributed by atoms with Crippen LogP contribution in [0.3, 0.4) is 0 Å². The third kappa shape index (κ3) is 6.27. The number of hydroxylamine groups is 1. The number of anilines is 1. The Labute approximate surface area is 204 Å². The van der Waals surface area contributed by atoms with E-state index in [1.54, 1.807) is 43.0 Å². The zero-order valence-corrected chi connectivity index (χ0v) is 20.1. The normalized spacial score (nSPS) is 13.5. The maximum Gasteiger partial charge on any atom is 0.340 e. The lowest BCUT2D eigenvalue weighted by Gasteiger charge is -2.26. The SMILES string of the molecule is CCOC(=O)c1c2ccc(CC(=O)NOCCN3CCCCC3=O)ccc-2c(C(=O)OCC)c1N. The number of likely N-dealkylation sites (tertiary alicyclic amines) is 1. The molecule has 0 aromatic rings. The first-order valence-electron chi connectivity index (χ1n) is 11.7. The largest absolute Gasteiger partial charge is 0.462 e. The molecule has 0 spiro atoms. The molecule has 3 rings (SSSR count). The molecule has 35 heavy (non-hydrogen) atoms. The number of nitrogens with one attached hydrogen (secondary N) is 1. The van der Waals surface area contributed by atoms with Crippen LogP contribution in [0.15, 0.2) is 24.3 Å². The van der Waals surface area contributed by atoms with E-state index in [9.17, 15) is 19.2 Å². The van der Waals surface area contributed by atoms with Gasteiger partial charge in [0.05, 0.1) is 43.1 Å². The van der Waals surface area contributed by atoms with Gasteiger partial charge in [0.25, 0.3) is 0 Å². The Morgan fingerprint density at radius 3 is 2.11 bits per heavy atom. The summed E-state index contributed by atoms with van der Waals surface area (Å²) in [4.78, 5) is 56.3. The molecule has 0 atom stereocenters. The molecule has 1 saturated heterocycles. The number of hydrogen-bond donors (Lipinski definition) is 2. The first-order chi connectivity index (χ1) is 16.9. The smallest absolute Gasteiger partial charge is 0.340 e. The van der Waals surface area contributed by atoms with E-state index in [4.69, 9.17) is 20.0 Å². The minimum Gasteiger partial charge on any atom is -0.462 e. The Morgan fingerprint density at radius 2 is 1.57 bits per heavy atom. The molecule has 188 valence electrons. The highest BCUT2D eigenvalue weighted by atomic mass is 16.7. The first-order valence-corrected chi connectivity index (χ1v) is 11.7. The monoisotopic (exact) mass is 485 g/mol. The molecule has 0 aromatic heterocycles. The van der Waals surface area contributed by atoms with E-state index in [2.05, 4.69) is 5.48 Å². The standard InChI is InChI=1S/C25H31N3O7/c1-3-33-24(31)21-17-10-8-16(9-11-18(17)22(23(21)26)25(32)34-4-2)15-19(29)27-35-14-13-28-12-6-5-7-20(28)30/h8-11H,3-7,12-15,26H2,1-2H3,(H,27,29). The second kappa shape index (κ2) is 12.2. The molecule has 0 bridgehead atoms. The van der Waals surface area contributed by atoms with Crippen LogP contribution in [0.5, 0.6) is 0 Å². The van der Waals surface area contributed by atoms with Gasteiger partial charge in [0.15, 0.2) is 0 Å². The molecule has 3 aliphatic rings. The maximum atomic E-state index is 12.6. The fourth-order valence-corrected chi connectivity index (χ4v) is 4.04. The second-order valence-electron chi connectivity index (χ2n) is 8.06. The lowest BCUT2D eigenvalue weighted by Crippen LogP contribution is -2.39. The van der Waals surface area contributed by atoms with Crippen LogP contribution in [-0.4, -0.2) is 61.6 Å². The number of nitrogen functional groups attached to an aromatic ring is 1. The van der Waals surface area contributed by atoms with Crippen LogP contribution in [0.25, 0.3) is 11.1 Å². The summed E-state index contributed by atoms with van der Waals surface area (Å²) in [5.41, 5.74) is 10.2. The average Bonchev–Trinajstić information content (AvgIpc) is 2.96. The predicted octanol–water partition coefficient (Wildman–Crippen LogP) is 2.33. The third-order valence-electron chi connectivity index (χ3n) is 5.69. The molecule has 0 saturated carbocycles. The summed E-state index contributed by atoms with van der Waals surface area (Å²) < 4.78 is 10.2. The van der Waals surface area contributed by atoms with E-state index in [0.29, 0.717) is 36.2 Å². The topological polar surface area (TPSA) is 137 Å². The van der Waals surface area contributed by atoms with Crippen molar-refractivity contribution in [3.8, 4) is 11.1 Å². The van der Waals surface area contributed by atoms with Gasteiger partial charge in [-0.2, -0.15) is 0 Å². The average molecular weight is 486 g/mol. The molecule has 3 N–H and O–H groups in total. The predicted molar refractivity (Wildman–Crippen MR) is 128 cm³/mol. The molecular weight excluding hydrogens is 454 g/mol. The van der Waals surface area contributed by atoms with Crippen LogP contribution < -0.4 is 11.2 Å². The summed E-state index contributed by atoms with van der Waals surface area (Å²) in [7, 11) is 0. The van der Waals surface area contributed by atoms with Crippen molar-refractivity contribution in [1.29, 1.82) is 0 Å². The van der Waals surface area contributed by atoms with Crippen molar-refractivity contribution >= 4 is 29.4 Å². The summed E-state index contributed by atoms with van der Waals surface area (Å²) in [5, 5.41) is 0. The van der Waals surface area contributed by atoms with Crippen LogP contribution in [-0.2, 0) is 30.3 Å². The molecule has 0 unspecified atom stereocenters. The second-order valence-corrected chi connectivity index (χ2v) is 8.06. The summed E-state index contributed by atoms with van der Waals surface area (Å²) in [6.45, 7) is 4.97. The van der Waals surface area contributed by atoms with Crippen molar-refractivity contribution in [1.82, 2.24) is 10.4 Å². The number of carbonyl (C=O) groups is 4. The number of piperidine rings is 1. The molecule has 1 fully saturated rings. The number of nitrogens with zero attached hydrogens (tertiary/aromatic N) is 1. The van der Waals surface area contributed by atoms with Crippen molar-refractivity contribution in [2.45, 2.75) is 39.5 Å². The van der Waals surface area contributed by atoms with Crippen molar-refractivity contribution in [3.63, 3.8) is 0 Å². The Bertz CT molecular complexity index is 1010. The van der Waals surface area contributed by atoms with Gasteiger partial charge in [-0.25, -0.2) is 15.1 Å². The maximum absolute atomic E-state index is 12.6.